The van der Waals surface area contributed by atoms with E-state index < -0.39 is 0 Å². The minimum absolute atomic E-state index is 0.148. The van der Waals surface area contributed by atoms with Gasteiger partial charge in [0.1, 0.15) is 12.4 Å². The van der Waals surface area contributed by atoms with Crippen LogP contribution in [0, 0.1) is 0 Å². The second-order valence-corrected chi connectivity index (χ2v) is 8.72. The van der Waals surface area contributed by atoms with Crippen molar-refractivity contribution in [2.45, 2.75) is 19.4 Å². The Kier molecular flexibility index (Phi) is 5.67. The van der Waals surface area contributed by atoms with Crippen LogP contribution in [0.4, 0.5) is 0 Å². The van der Waals surface area contributed by atoms with Crippen LogP contribution < -0.4 is 15.6 Å². The topological polar surface area (TPSA) is 61.1 Å². The first kappa shape index (κ1) is 21.1. The highest BCUT2D eigenvalue weighted by atomic mass is 35.5. The van der Waals surface area contributed by atoms with Gasteiger partial charge in [0.25, 0.3) is 5.56 Å². The van der Waals surface area contributed by atoms with Crippen molar-refractivity contribution >= 4 is 34.1 Å². The van der Waals surface area contributed by atoms with E-state index in [1.165, 1.54) is 28.9 Å². The Labute approximate surface area is 195 Å². The monoisotopic (exact) mass is 468 g/mol. The second-order valence-electron chi connectivity index (χ2n) is 7.88. The van der Waals surface area contributed by atoms with E-state index in [-0.39, 0.29) is 12.2 Å². The van der Waals surface area contributed by atoms with Crippen molar-refractivity contribution in [3.63, 3.8) is 0 Å². The average molecular weight is 469 g/mol. The van der Waals surface area contributed by atoms with E-state index in [0.29, 0.717) is 21.5 Å². The molecule has 1 aromatic carbocycles. The molecule has 0 atom stereocenters. The van der Waals surface area contributed by atoms with E-state index >= 15 is 0 Å². The summed E-state index contributed by atoms with van der Waals surface area (Å²) >= 11 is 12.0. The Morgan fingerprint density at radius 3 is 2.78 bits per heavy atom. The quantitative estimate of drug-likeness (QED) is 0.484. The molecule has 0 saturated carbocycles. The number of ether oxygens (including phenoxy) is 1. The lowest BCUT2D eigenvalue weighted by Crippen LogP contribution is -2.17. The first-order valence-corrected chi connectivity index (χ1v) is 11.2. The zero-order valence-corrected chi connectivity index (χ0v) is 19.1. The van der Waals surface area contributed by atoms with Gasteiger partial charge in [0.2, 0.25) is 0 Å². The van der Waals surface area contributed by atoms with Crippen LogP contribution in [0.1, 0.15) is 17.0 Å². The summed E-state index contributed by atoms with van der Waals surface area (Å²) in [6.07, 6.45) is 5.27. The molecule has 1 aliphatic heterocycles. The van der Waals surface area contributed by atoms with E-state index in [2.05, 4.69) is 34.0 Å². The summed E-state index contributed by atoms with van der Waals surface area (Å²) in [6.45, 7) is 2.13. The van der Waals surface area contributed by atoms with Crippen molar-refractivity contribution in [3.8, 4) is 11.4 Å². The molecule has 4 aromatic rings. The number of aromatic nitrogens is 3. The first-order valence-electron chi connectivity index (χ1n) is 10.5. The Hall–Kier alpha value is -2.80. The largest absolute Gasteiger partial charge is 0.487 e. The van der Waals surface area contributed by atoms with Crippen molar-refractivity contribution in [2.75, 3.05) is 13.1 Å². The highest BCUT2D eigenvalue weighted by Crippen LogP contribution is 2.29. The fourth-order valence-electron chi connectivity index (χ4n) is 4.31. The molecule has 0 spiro atoms. The van der Waals surface area contributed by atoms with Gasteiger partial charge in [-0.2, -0.15) is 0 Å². The molecule has 0 bridgehead atoms. The third-order valence-electron chi connectivity index (χ3n) is 5.94. The van der Waals surface area contributed by atoms with Gasteiger partial charge in [0.05, 0.1) is 26.9 Å². The molecule has 164 valence electrons. The van der Waals surface area contributed by atoms with Gasteiger partial charge in [0.15, 0.2) is 0 Å². The molecule has 0 saturated heterocycles. The standard InChI is InChI=1S/C24H22Cl2N4O2/c1-29-22-5-8-27-7-4-19(22)18-3-2-16(11-23(18)29)30-9-6-17(12-24(30)31)32-14-21-20(26)10-15(25)13-28-21/h2-3,6,9-13,27H,4-5,7-8,14H2,1H3. The summed E-state index contributed by atoms with van der Waals surface area (Å²) in [6, 6.07) is 11.1. The van der Waals surface area contributed by atoms with Crippen molar-refractivity contribution < 1.29 is 4.74 Å². The van der Waals surface area contributed by atoms with E-state index in [4.69, 9.17) is 27.9 Å². The molecule has 3 aromatic heterocycles. The number of halogens is 2. The summed E-state index contributed by atoms with van der Waals surface area (Å²) in [5, 5.41) is 5.61. The fourth-order valence-corrected chi connectivity index (χ4v) is 4.75. The van der Waals surface area contributed by atoms with Crippen LogP contribution in [0.2, 0.25) is 10.0 Å². The summed E-state index contributed by atoms with van der Waals surface area (Å²) in [5.74, 6) is 0.457. The third-order valence-corrected chi connectivity index (χ3v) is 6.47. The van der Waals surface area contributed by atoms with Crippen LogP contribution in [-0.2, 0) is 26.5 Å². The molecule has 0 amide bonds. The van der Waals surface area contributed by atoms with Crippen molar-refractivity contribution in [1.29, 1.82) is 0 Å². The molecule has 0 radical (unpaired) electrons. The minimum atomic E-state index is -0.169. The van der Waals surface area contributed by atoms with Crippen LogP contribution >= 0.6 is 23.2 Å². The van der Waals surface area contributed by atoms with Gasteiger partial charge in [-0.25, -0.2) is 0 Å². The van der Waals surface area contributed by atoms with Crippen LogP contribution in [0.5, 0.6) is 5.75 Å². The van der Waals surface area contributed by atoms with E-state index in [9.17, 15) is 4.79 Å². The molecule has 0 unspecified atom stereocenters. The first-order chi connectivity index (χ1) is 15.5. The number of nitrogens with zero attached hydrogens (tertiary/aromatic N) is 3. The van der Waals surface area contributed by atoms with Crippen LogP contribution in [0.3, 0.4) is 0 Å². The molecular weight excluding hydrogens is 447 g/mol. The number of fused-ring (bicyclic) bond motifs is 3. The SMILES string of the molecule is Cn1c2c(c3ccc(-n4ccc(OCc5ncc(Cl)cc5Cl)cc4=O)cc31)CCNCC2. The molecule has 6 nitrogen and oxygen atoms in total. The number of benzene rings is 1. The number of pyridine rings is 2. The Morgan fingerprint density at radius 2 is 1.97 bits per heavy atom. The molecule has 1 aliphatic rings. The lowest BCUT2D eigenvalue weighted by atomic mass is 10.1. The Morgan fingerprint density at radius 1 is 1.12 bits per heavy atom. The lowest BCUT2D eigenvalue weighted by molar-refractivity contribution is 0.300. The summed E-state index contributed by atoms with van der Waals surface area (Å²) in [4.78, 5) is 17.0. The number of nitrogens with one attached hydrogen (secondary N) is 1. The predicted molar refractivity (Wildman–Crippen MR) is 127 cm³/mol. The summed E-state index contributed by atoms with van der Waals surface area (Å²) in [7, 11) is 2.10. The molecule has 0 aliphatic carbocycles. The van der Waals surface area contributed by atoms with Gasteiger partial charge in [0, 0.05) is 49.6 Å². The highest BCUT2D eigenvalue weighted by Gasteiger charge is 2.17. The second kappa shape index (κ2) is 8.62. The number of hydrogen-bond donors (Lipinski definition) is 1. The van der Waals surface area contributed by atoms with Gasteiger partial charge in [-0.05, 0) is 42.8 Å². The maximum Gasteiger partial charge on any atom is 0.258 e. The minimum Gasteiger partial charge on any atom is -0.487 e. The Bertz CT molecular complexity index is 1380. The molecule has 4 heterocycles. The van der Waals surface area contributed by atoms with E-state index in [1.54, 1.807) is 22.9 Å². The van der Waals surface area contributed by atoms with E-state index in [0.717, 1.165) is 37.1 Å². The predicted octanol–water partition coefficient (Wildman–Crippen LogP) is 4.30. The normalized spacial score (nSPS) is 13.7. The molecule has 5 rings (SSSR count). The Balaban J connectivity index is 1.42. The zero-order valence-electron chi connectivity index (χ0n) is 17.6. The lowest BCUT2D eigenvalue weighted by Gasteiger charge is -2.10. The van der Waals surface area contributed by atoms with Crippen molar-refractivity contribution in [2.24, 2.45) is 7.05 Å². The molecular formula is C24H22Cl2N4O2. The van der Waals surface area contributed by atoms with Gasteiger partial charge in [-0.3, -0.25) is 14.3 Å². The summed E-state index contributed by atoms with van der Waals surface area (Å²) < 4.78 is 9.61. The van der Waals surface area contributed by atoms with Crippen molar-refractivity contribution in [3.05, 3.63) is 86.1 Å². The van der Waals surface area contributed by atoms with E-state index in [1.807, 2.05) is 6.07 Å². The molecule has 0 fully saturated rings. The van der Waals surface area contributed by atoms with Crippen molar-refractivity contribution in [1.82, 2.24) is 19.4 Å². The average Bonchev–Trinajstić information content (AvgIpc) is 2.93. The number of hydrogen-bond acceptors (Lipinski definition) is 4. The number of aryl methyl sites for hydroxylation is 1. The van der Waals surface area contributed by atoms with Crippen LogP contribution in [0.15, 0.2) is 53.6 Å². The molecule has 32 heavy (non-hydrogen) atoms. The smallest absolute Gasteiger partial charge is 0.258 e. The van der Waals surface area contributed by atoms with Gasteiger partial charge in [-0.15, -0.1) is 0 Å². The number of rotatable bonds is 4. The molecule has 1 N–H and O–H groups in total. The van der Waals surface area contributed by atoms with Gasteiger partial charge < -0.3 is 14.6 Å². The third kappa shape index (κ3) is 3.90. The highest BCUT2D eigenvalue weighted by molar-refractivity contribution is 6.34. The maximum absolute atomic E-state index is 12.8. The molecule has 8 heteroatoms. The van der Waals surface area contributed by atoms with Gasteiger partial charge >= 0.3 is 0 Å². The summed E-state index contributed by atoms with van der Waals surface area (Å²) in [5.41, 5.74) is 5.13. The van der Waals surface area contributed by atoms with Crippen LogP contribution in [-0.4, -0.2) is 27.2 Å². The zero-order chi connectivity index (χ0) is 22.2. The fraction of sp³-hybridized carbons (Fsp3) is 0.250. The maximum atomic E-state index is 12.8. The van der Waals surface area contributed by atoms with Crippen LogP contribution in [0.25, 0.3) is 16.6 Å². The van der Waals surface area contributed by atoms with Gasteiger partial charge in [-0.1, -0.05) is 29.3 Å².